The first kappa shape index (κ1) is 22.6. The number of oxazole rings is 1. The minimum Gasteiger partial charge on any atom is -0.437 e. The minimum absolute atomic E-state index is 0.105. The smallest absolute Gasteiger partial charge is 0.307 e. The number of nitrogens with zero attached hydrogens (tertiary/aromatic N) is 3. The van der Waals surface area contributed by atoms with E-state index in [4.69, 9.17) is 27.6 Å². The Bertz CT molecular complexity index is 1060. The Kier molecular flexibility index (Phi) is 7.35. The van der Waals surface area contributed by atoms with Crippen LogP contribution < -0.4 is 10.2 Å². The van der Waals surface area contributed by atoms with Crippen molar-refractivity contribution >= 4 is 34.8 Å². The Morgan fingerprint density at radius 1 is 1.06 bits per heavy atom. The Balaban J connectivity index is 1.21. The Hall–Kier alpha value is -2.54. The highest BCUT2D eigenvalue weighted by Crippen LogP contribution is 2.32. The molecule has 1 saturated heterocycles. The molecule has 0 spiro atoms. The van der Waals surface area contributed by atoms with Gasteiger partial charge in [-0.2, -0.15) is 0 Å². The van der Waals surface area contributed by atoms with Gasteiger partial charge in [0.2, 0.25) is 0 Å². The molecular weight excluding hydrogens is 447 g/mol. The monoisotopic (exact) mass is 472 g/mol. The molecule has 0 bridgehead atoms. The zero-order valence-corrected chi connectivity index (χ0v) is 19.5. The number of anilines is 1. The average Bonchev–Trinajstić information content (AvgIpc) is 3.21. The van der Waals surface area contributed by atoms with Crippen LogP contribution in [0.4, 0.5) is 5.69 Å². The third-order valence-electron chi connectivity index (χ3n) is 5.62. The van der Waals surface area contributed by atoms with E-state index < -0.39 is 0 Å². The summed E-state index contributed by atoms with van der Waals surface area (Å²) in [6.45, 7) is 6.97. The van der Waals surface area contributed by atoms with E-state index in [2.05, 4.69) is 20.1 Å². The number of hydrogen-bond acceptors (Lipinski definition) is 5. The van der Waals surface area contributed by atoms with E-state index in [-0.39, 0.29) is 11.8 Å². The maximum absolute atomic E-state index is 12.4. The molecule has 1 aliphatic rings. The molecule has 0 atom stereocenters. The number of piperazine rings is 1. The fraction of sp³-hybridized carbons (Fsp3) is 0.333. The van der Waals surface area contributed by atoms with Crippen molar-refractivity contribution in [2.45, 2.75) is 13.3 Å². The molecule has 1 N–H and O–H groups in total. The highest BCUT2D eigenvalue weighted by atomic mass is 35.5. The zero-order valence-electron chi connectivity index (χ0n) is 18.0. The van der Waals surface area contributed by atoms with E-state index in [1.807, 2.05) is 49.4 Å². The van der Waals surface area contributed by atoms with Gasteiger partial charge in [0.25, 0.3) is 5.89 Å². The Morgan fingerprint density at radius 3 is 2.56 bits per heavy atom. The average molecular weight is 473 g/mol. The fourth-order valence-corrected chi connectivity index (χ4v) is 4.30. The lowest BCUT2D eigenvalue weighted by Crippen LogP contribution is -2.47. The summed E-state index contributed by atoms with van der Waals surface area (Å²) >= 11 is 12.5. The molecule has 168 valence electrons. The van der Waals surface area contributed by atoms with E-state index in [0.29, 0.717) is 28.0 Å². The van der Waals surface area contributed by atoms with Gasteiger partial charge in [-0.1, -0.05) is 59.6 Å². The number of carbonyl (C=O) groups excluding carboxylic acids is 1. The van der Waals surface area contributed by atoms with Crippen molar-refractivity contribution in [1.82, 2.24) is 15.2 Å². The van der Waals surface area contributed by atoms with E-state index in [1.165, 1.54) is 0 Å². The third-order valence-corrected chi connectivity index (χ3v) is 6.43. The van der Waals surface area contributed by atoms with Crippen molar-refractivity contribution in [3.8, 4) is 11.3 Å². The van der Waals surface area contributed by atoms with Crippen molar-refractivity contribution in [3.63, 3.8) is 0 Å². The van der Waals surface area contributed by atoms with Gasteiger partial charge in [-0.05, 0) is 32.0 Å². The summed E-state index contributed by atoms with van der Waals surface area (Å²) in [5.74, 6) is 0.461. The number of hydrogen-bond donors (Lipinski definition) is 1. The van der Waals surface area contributed by atoms with Gasteiger partial charge in [0.1, 0.15) is 11.5 Å². The highest BCUT2D eigenvalue weighted by Gasteiger charge is 2.20. The van der Waals surface area contributed by atoms with Gasteiger partial charge >= 0.3 is 5.91 Å². The molecule has 6 nitrogen and oxygen atoms in total. The van der Waals surface area contributed by atoms with Gasteiger partial charge in [-0.3, -0.25) is 9.69 Å². The largest absolute Gasteiger partial charge is 0.437 e. The molecule has 2 heterocycles. The van der Waals surface area contributed by atoms with Crippen molar-refractivity contribution < 1.29 is 9.21 Å². The second-order valence-corrected chi connectivity index (χ2v) is 8.59. The first-order chi connectivity index (χ1) is 15.5. The number of aromatic nitrogens is 1. The number of halogens is 2. The summed E-state index contributed by atoms with van der Waals surface area (Å²) in [6.07, 6.45) is 0.856. The van der Waals surface area contributed by atoms with Gasteiger partial charge in [0.15, 0.2) is 0 Å². The summed E-state index contributed by atoms with van der Waals surface area (Å²) in [5.41, 5.74) is 2.63. The first-order valence-electron chi connectivity index (χ1n) is 10.8. The number of carbonyl (C=O) groups is 1. The molecule has 0 radical (unpaired) electrons. The van der Waals surface area contributed by atoms with Crippen LogP contribution in [-0.4, -0.2) is 55.1 Å². The van der Waals surface area contributed by atoms with Crippen molar-refractivity contribution in [1.29, 1.82) is 0 Å². The maximum Gasteiger partial charge on any atom is 0.307 e. The van der Waals surface area contributed by atoms with E-state index in [1.54, 1.807) is 6.07 Å². The van der Waals surface area contributed by atoms with Crippen molar-refractivity contribution in [2.75, 3.05) is 44.2 Å². The summed E-state index contributed by atoms with van der Waals surface area (Å²) in [6, 6.07) is 15.5. The van der Waals surface area contributed by atoms with Crippen LogP contribution in [0.15, 0.2) is 52.9 Å². The van der Waals surface area contributed by atoms with E-state index >= 15 is 0 Å². The normalized spacial score (nSPS) is 14.5. The Labute approximate surface area is 198 Å². The van der Waals surface area contributed by atoms with Crippen molar-refractivity contribution in [2.24, 2.45) is 0 Å². The van der Waals surface area contributed by atoms with Crippen LogP contribution in [0.25, 0.3) is 11.3 Å². The molecule has 0 unspecified atom stereocenters. The van der Waals surface area contributed by atoms with Crippen LogP contribution in [0.2, 0.25) is 10.0 Å². The Morgan fingerprint density at radius 2 is 1.81 bits per heavy atom. The second-order valence-electron chi connectivity index (χ2n) is 7.80. The minimum atomic E-state index is -0.282. The maximum atomic E-state index is 12.4. The number of amides is 1. The molecule has 0 aliphatic carbocycles. The molecule has 4 rings (SSSR count). The van der Waals surface area contributed by atoms with Gasteiger partial charge in [-0.15, -0.1) is 0 Å². The van der Waals surface area contributed by atoms with E-state index in [0.717, 1.165) is 50.4 Å². The number of benzene rings is 2. The summed E-state index contributed by atoms with van der Waals surface area (Å²) in [5, 5.41) is 4.11. The predicted octanol–water partition coefficient (Wildman–Crippen LogP) is 4.90. The lowest BCUT2D eigenvalue weighted by atomic mass is 10.1. The van der Waals surface area contributed by atoms with Crippen molar-refractivity contribution in [3.05, 3.63) is 70.2 Å². The quantitative estimate of drug-likeness (QED) is 0.495. The van der Waals surface area contributed by atoms with Crippen LogP contribution in [0.3, 0.4) is 0 Å². The molecule has 1 fully saturated rings. The van der Waals surface area contributed by atoms with Gasteiger partial charge in [-0.25, -0.2) is 4.98 Å². The molecule has 2 aromatic carbocycles. The topological polar surface area (TPSA) is 61.6 Å². The highest BCUT2D eigenvalue weighted by molar-refractivity contribution is 6.43. The molecule has 0 saturated carbocycles. The molecule has 1 aromatic heterocycles. The molecule has 1 aliphatic heterocycles. The standard InChI is InChI=1S/C24H26Cl2N4O2/c1-17-22(18-7-3-2-4-8-18)28-24(32-17)23(31)27-11-6-12-29-13-15-30(16-14-29)20-10-5-9-19(25)21(20)26/h2-5,7-10H,6,11-16H2,1H3,(H,27,31). The summed E-state index contributed by atoms with van der Waals surface area (Å²) < 4.78 is 5.59. The first-order valence-corrected chi connectivity index (χ1v) is 11.5. The van der Waals surface area contributed by atoms with E-state index in [9.17, 15) is 4.79 Å². The second kappa shape index (κ2) is 10.4. The zero-order chi connectivity index (χ0) is 22.5. The van der Waals surface area contributed by atoms with Crippen LogP contribution in [0, 0.1) is 6.92 Å². The van der Waals surface area contributed by atoms with Crippen LogP contribution in [-0.2, 0) is 0 Å². The predicted molar refractivity (Wildman–Crippen MR) is 129 cm³/mol. The third kappa shape index (κ3) is 5.26. The fourth-order valence-electron chi connectivity index (χ4n) is 3.89. The molecule has 32 heavy (non-hydrogen) atoms. The lowest BCUT2D eigenvalue weighted by molar-refractivity contribution is 0.0915. The SMILES string of the molecule is Cc1oc(C(=O)NCCCN2CCN(c3cccc(Cl)c3Cl)CC2)nc1-c1ccccc1. The molecular formula is C24H26Cl2N4O2. The van der Waals surface area contributed by atoms with Gasteiger partial charge < -0.3 is 14.6 Å². The van der Waals surface area contributed by atoms with Crippen LogP contribution in [0.1, 0.15) is 22.9 Å². The summed E-state index contributed by atoms with van der Waals surface area (Å²) in [4.78, 5) is 21.5. The molecule has 3 aromatic rings. The number of rotatable bonds is 7. The van der Waals surface area contributed by atoms with Gasteiger partial charge in [0.05, 0.1) is 15.7 Å². The van der Waals surface area contributed by atoms with Gasteiger partial charge in [0, 0.05) is 38.3 Å². The summed E-state index contributed by atoms with van der Waals surface area (Å²) in [7, 11) is 0. The molecule has 1 amide bonds. The number of aryl methyl sites for hydroxylation is 1. The lowest BCUT2D eigenvalue weighted by Gasteiger charge is -2.36. The van der Waals surface area contributed by atoms with Crippen LogP contribution >= 0.6 is 23.2 Å². The number of nitrogens with one attached hydrogen (secondary N) is 1. The molecule has 8 heteroatoms. The van der Waals surface area contributed by atoms with Crippen LogP contribution in [0.5, 0.6) is 0 Å².